The number of aromatic nitrogens is 4. The fourth-order valence-electron chi connectivity index (χ4n) is 2.78. The Balaban J connectivity index is 2.46. The number of methoxy groups -OCH3 is 1. The molecule has 0 aromatic carbocycles. The first-order valence-electron chi connectivity index (χ1n) is 7.41. The highest BCUT2D eigenvalue weighted by Gasteiger charge is 2.16. The van der Waals surface area contributed by atoms with Gasteiger partial charge < -0.3 is 4.74 Å². The van der Waals surface area contributed by atoms with Gasteiger partial charge in [-0.1, -0.05) is 13.8 Å². The Labute approximate surface area is 124 Å². The summed E-state index contributed by atoms with van der Waals surface area (Å²) in [4.78, 5) is 14.1. The van der Waals surface area contributed by atoms with E-state index >= 15 is 0 Å². The van der Waals surface area contributed by atoms with Crippen LogP contribution >= 0.6 is 0 Å². The number of rotatable bonds is 4. The Hall–Kier alpha value is -2.17. The highest BCUT2D eigenvalue weighted by Crippen LogP contribution is 2.24. The molecular weight excluding hydrogens is 264 g/mol. The summed E-state index contributed by atoms with van der Waals surface area (Å²) in [5.74, 6) is 1.66. The van der Waals surface area contributed by atoms with Gasteiger partial charge in [-0.05, 0) is 25.8 Å². The topological polar surface area (TPSA) is 52.3 Å². The molecule has 0 atom stereocenters. The number of imidazole rings is 1. The molecule has 0 bridgehead atoms. The summed E-state index contributed by atoms with van der Waals surface area (Å²) in [5, 5.41) is 0. The minimum atomic E-state index is 0.601. The van der Waals surface area contributed by atoms with Crippen molar-refractivity contribution in [3.8, 4) is 5.88 Å². The lowest BCUT2D eigenvalue weighted by Gasteiger charge is -2.08. The van der Waals surface area contributed by atoms with E-state index < -0.39 is 0 Å². The van der Waals surface area contributed by atoms with Gasteiger partial charge in [-0.2, -0.15) is 4.98 Å². The molecule has 0 aliphatic rings. The third-order valence-corrected chi connectivity index (χ3v) is 3.71. The molecule has 3 heterocycles. The average molecular weight is 284 g/mol. The predicted molar refractivity (Wildman–Crippen MR) is 83.0 cm³/mol. The van der Waals surface area contributed by atoms with Crippen LogP contribution in [-0.2, 0) is 12.8 Å². The molecule has 0 aliphatic heterocycles. The summed E-state index contributed by atoms with van der Waals surface area (Å²) >= 11 is 0. The molecule has 0 amide bonds. The predicted octanol–water partition coefficient (Wildman–Crippen LogP) is 3.11. The second kappa shape index (κ2) is 5.31. The van der Waals surface area contributed by atoms with Crippen molar-refractivity contribution in [3.63, 3.8) is 0 Å². The van der Waals surface area contributed by atoms with Crippen molar-refractivity contribution in [1.29, 1.82) is 0 Å². The fourth-order valence-corrected chi connectivity index (χ4v) is 2.78. The lowest BCUT2D eigenvalue weighted by molar-refractivity contribution is 0.399. The zero-order chi connectivity index (χ0) is 15.0. The van der Waals surface area contributed by atoms with Crippen LogP contribution in [0.1, 0.15) is 37.5 Å². The van der Waals surface area contributed by atoms with Gasteiger partial charge in [0.2, 0.25) is 5.88 Å². The van der Waals surface area contributed by atoms with E-state index in [0.717, 1.165) is 53.2 Å². The summed E-state index contributed by atoms with van der Waals surface area (Å²) in [7, 11) is 1.63. The second-order valence-electron chi connectivity index (χ2n) is 5.16. The standard InChI is InChI=1S/C16H20N4O/c1-5-7-13-18-11(6-2)15-10(3)17-12-8-9-14(21-4)19-16(12)20(13)15/h8-9H,5-7H2,1-4H3. The van der Waals surface area contributed by atoms with E-state index in [0.29, 0.717) is 5.88 Å². The molecule has 0 radical (unpaired) electrons. The van der Waals surface area contributed by atoms with Crippen LogP contribution in [0.4, 0.5) is 0 Å². The molecule has 3 aromatic heterocycles. The lowest BCUT2D eigenvalue weighted by atomic mass is 10.2. The SMILES string of the molecule is CCCc1nc(CC)c2c(C)nc3ccc(OC)nc3n12. The number of ether oxygens (including phenoxy) is 1. The fraction of sp³-hybridized carbons (Fsp3) is 0.438. The van der Waals surface area contributed by atoms with Crippen LogP contribution in [0.3, 0.4) is 0 Å². The maximum absolute atomic E-state index is 5.26. The van der Waals surface area contributed by atoms with Crippen molar-refractivity contribution in [2.75, 3.05) is 7.11 Å². The number of aryl methyl sites for hydroxylation is 3. The molecule has 0 saturated carbocycles. The highest BCUT2D eigenvalue weighted by molar-refractivity contribution is 5.78. The summed E-state index contributed by atoms with van der Waals surface area (Å²) in [6, 6.07) is 3.80. The molecule has 0 saturated heterocycles. The number of hydrogen-bond acceptors (Lipinski definition) is 4. The molecule has 5 heteroatoms. The van der Waals surface area contributed by atoms with Crippen LogP contribution in [0.15, 0.2) is 12.1 Å². The van der Waals surface area contributed by atoms with Gasteiger partial charge in [0, 0.05) is 12.5 Å². The Morgan fingerprint density at radius 2 is 1.95 bits per heavy atom. The van der Waals surface area contributed by atoms with Crippen molar-refractivity contribution in [1.82, 2.24) is 19.4 Å². The quantitative estimate of drug-likeness (QED) is 0.738. The summed E-state index contributed by atoms with van der Waals surface area (Å²) in [6.45, 7) is 6.33. The molecule has 21 heavy (non-hydrogen) atoms. The first-order chi connectivity index (χ1) is 10.2. The number of pyridine rings is 1. The van der Waals surface area contributed by atoms with Gasteiger partial charge in [0.25, 0.3) is 0 Å². The molecule has 0 fully saturated rings. The number of hydrogen-bond donors (Lipinski definition) is 0. The zero-order valence-corrected chi connectivity index (χ0v) is 13.0. The maximum Gasteiger partial charge on any atom is 0.215 e. The van der Waals surface area contributed by atoms with Gasteiger partial charge >= 0.3 is 0 Å². The smallest absolute Gasteiger partial charge is 0.215 e. The van der Waals surface area contributed by atoms with Gasteiger partial charge in [0.1, 0.15) is 11.3 Å². The number of fused-ring (bicyclic) bond motifs is 3. The highest BCUT2D eigenvalue weighted by atomic mass is 16.5. The summed E-state index contributed by atoms with van der Waals surface area (Å²) in [6.07, 6.45) is 2.87. The third kappa shape index (κ3) is 2.13. The lowest BCUT2D eigenvalue weighted by Crippen LogP contribution is -2.02. The average Bonchev–Trinajstić information content (AvgIpc) is 2.87. The van der Waals surface area contributed by atoms with Gasteiger partial charge in [-0.3, -0.25) is 4.40 Å². The zero-order valence-electron chi connectivity index (χ0n) is 13.0. The second-order valence-corrected chi connectivity index (χ2v) is 5.16. The van der Waals surface area contributed by atoms with E-state index in [2.05, 4.69) is 28.2 Å². The maximum atomic E-state index is 5.26. The van der Waals surface area contributed by atoms with Crippen LogP contribution in [-0.4, -0.2) is 26.5 Å². The van der Waals surface area contributed by atoms with Crippen LogP contribution in [0.2, 0.25) is 0 Å². The Morgan fingerprint density at radius 3 is 2.62 bits per heavy atom. The molecule has 5 nitrogen and oxygen atoms in total. The van der Waals surface area contributed by atoms with Crippen molar-refractivity contribution in [3.05, 3.63) is 29.3 Å². The van der Waals surface area contributed by atoms with E-state index in [4.69, 9.17) is 9.72 Å². The van der Waals surface area contributed by atoms with E-state index in [9.17, 15) is 0 Å². The molecule has 3 rings (SSSR count). The van der Waals surface area contributed by atoms with Gasteiger partial charge in [-0.15, -0.1) is 0 Å². The van der Waals surface area contributed by atoms with E-state index in [1.54, 1.807) is 7.11 Å². The monoisotopic (exact) mass is 284 g/mol. The van der Waals surface area contributed by atoms with Gasteiger partial charge in [0.15, 0.2) is 5.65 Å². The van der Waals surface area contributed by atoms with Crippen molar-refractivity contribution in [2.45, 2.75) is 40.0 Å². The Kier molecular flexibility index (Phi) is 3.49. The molecular formula is C16H20N4O. The first kappa shape index (κ1) is 13.8. The van der Waals surface area contributed by atoms with Crippen LogP contribution < -0.4 is 4.74 Å². The van der Waals surface area contributed by atoms with Crippen molar-refractivity contribution >= 4 is 16.7 Å². The molecule has 0 unspecified atom stereocenters. The molecule has 0 aliphatic carbocycles. The van der Waals surface area contributed by atoms with Crippen LogP contribution in [0.5, 0.6) is 5.88 Å². The first-order valence-corrected chi connectivity index (χ1v) is 7.41. The Bertz CT molecular complexity index is 807. The van der Waals surface area contributed by atoms with E-state index in [1.807, 2.05) is 19.1 Å². The van der Waals surface area contributed by atoms with Crippen LogP contribution in [0, 0.1) is 6.92 Å². The Morgan fingerprint density at radius 1 is 1.14 bits per heavy atom. The van der Waals surface area contributed by atoms with Gasteiger partial charge in [-0.25, -0.2) is 9.97 Å². The largest absolute Gasteiger partial charge is 0.481 e. The van der Waals surface area contributed by atoms with E-state index in [1.165, 1.54) is 0 Å². The normalized spacial score (nSPS) is 11.4. The minimum absolute atomic E-state index is 0.601. The van der Waals surface area contributed by atoms with Crippen molar-refractivity contribution in [2.24, 2.45) is 0 Å². The van der Waals surface area contributed by atoms with Crippen LogP contribution in [0.25, 0.3) is 16.7 Å². The minimum Gasteiger partial charge on any atom is -0.481 e. The summed E-state index contributed by atoms with van der Waals surface area (Å²) in [5.41, 5.74) is 4.88. The molecule has 0 spiro atoms. The molecule has 0 N–H and O–H groups in total. The molecule has 110 valence electrons. The van der Waals surface area contributed by atoms with Crippen molar-refractivity contribution < 1.29 is 4.74 Å². The van der Waals surface area contributed by atoms with Gasteiger partial charge in [0.05, 0.1) is 24.0 Å². The number of nitrogens with zero attached hydrogens (tertiary/aromatic N) is 4. The summed E-state index contributed by atoms with van der Waals surface area (Å²) < 4.78 is 7.42. The third-order valence-electron chi connectivity index (χ3n) is 3.71. The van der Waals surface area contributed by atoms with E-state index in [-0.39, 0.29) is 0 Å². The molecule has 3 aromatic rings.